The van der Waals surface area contributed by atoms with Crippen molar-refractivity contribution in [2.45, 2.75) is 6.61 Å². The average Bonchev–Trinajstić information content (AvgIpc) is 2.96. The van der Waals surface area contributed by atoms with Crippen LogP contribution in [0.5, 0.6) is 5.88 Å². The third-order valence-corrected chi connectivity index (χ3v) is 3.39. The van der Waals surface area contributed by atoms with Crippen molar-refractivity contribution in [1.82, 2.24) is 15.4 Å². The largest absolute Gasteiger partial charge is 0.476 e. The van der Waals surface area contributed by atoms with Crippen molar-refractivity contribution in [2.75, 3.05) is 0 Å². The lowest BCUT2D eigenvalue weighted by Crippen LogP contribution is -2.03. The molecule has 0 fully saturated rings. The summed E-state index contributed by atoms with van der Waals surface area (Å²) in [5.41, 5.74) is 0.711. The van der Waals surface area contributed by atoms with Gasteiger partial charge in [-0.1, -0.05) is 52.2 Å². The lowest BCUT2D eigenvalue weighted by molar-refractivity contribution is 0.0685. The number of H-pyrrole nitrogens is 1. The number of hydrogen-bond donors (Lipinski definition) is 2. The molecule has 0 aliphatic rings. The summed E-state index contributed by atoms with van der Waals surface area (Å²) in [5.74, 6) is -1.21. The molecule has 0 saturated heterocycles. The quantitative estimate of drug-likeness (QED) is 0.773. The molecule has 0 bridgehead atoms. The monoisotopic (exact) mass is 303 g/mol. The Kier molecular flexibility index (Phi) is 3.45. The first kappa shape index (κ1) is 13.4. The Morgan fingerprint density at radius 1 is 1.24 bits per heavy atom. The van der Waals surface area contributed by atoms with Crippen LogP contribution in [0.4, 0.5) is 0 Å². The molecule has 2 N–H and O–H groups in total. The van der Waals surface area contributed by atoms with Crippen molar-refractivity contribution in [3.05, 3.63) is 52.7 Å². The molecule has 21 heavy (non-hydrogen) atoms. The van der Waals surface area contributed by atoms with Gasteiger partial charge in [0, 0.05) is 10.4 Å². The van der Waals surface area contributed by atoms with E-state index in [1.165, 1.54) is 0 Å². The molecule has 0 radical (unpaired) electrons. The fraction of sp³-hybridized carbons (Fsp3) is 0.0714. The number of halogens is 1. The van der Waals surface area contributed by atoms with Gasteiger partial charge in [-0.2, -0.15) is 0 Å². The van der Waals surface area contributed by atoms with Crippen LogP contribution < -0.4 is 4.74 Å². The molecule has 7 heteroatoms. The maximum absolute atomic E-state index is 10.9. The molecular weight excluding hydrogens is 294 g/mol. The van der Waals surface area contributed by atoms with Gasteiger partial charge in [-0.15, -0.1) is 0 Å². The molecule has 0 unspecified atom stereocenters. The normalized spacial score (nSPS) is 10.7. The Bertz CT molecular complexity index is 816. The highest BCUT2D eigenvalue weighted by Gasteiger charge is 2.16. The van der Waals surface area contributed by atoms with E-state index in [-0.39, 0.29) is 18.2 Å². The number of fused-ring (bicyclic) bond motifs is 1. The van der Waals surface area contributed by atoms with Crippen LogP contribution in [0.3, 0.4) is 0 Å². The predicted molar refractivity (Wildman–Crippen MR) is 76.6 cm³/mol. The number of aromatic carboxylic acids is 1. The van der Waals surface area contributed by atoms with Crippen LogP contribution in [0.15, 0.2) is 36.4 Å². The molecule has 0 aliphatic carbocycles. The van der Waals surface area contributed by atoms with Crippen molar-refractivity contribution in [2.24, 2.45) is 0 Å². The number of carboxylic acids is 1. The lowest BCUT2D eigenvalue weighted by Gasteiger charge is -2.08. The highest BCUT2D eigenvalue weighted by molar-refractivity contribution is 6.35. The molecular formula is C14H10ClN3O3. The second kappa shape index (κ2) is 5.41. The maximum Gasteiger partial charge on any atom is 0.359 e. The minimum absolute atomic E-state index is 0.0402. The van der Waals surface area contributed by atoms with Crippen molar-refractivity contribution in [1.29, 1.82) is 0 Å². The first-order valence-electron chi connectivity index (χ1n) is 6.10. The van der Waals surface area contributed by atoms with Gasteiger partial charge in [0.1, 0.15) is 6.61 Å². The fourth-order valence-electron chi connectivity index (χ4n) is 2.06. The maximum atomic E-state index is 10.9. The van der Waals surface area contributed by atoms with Crippen molar-refractivity contribution >= 4 is 28.3 Å². The molecule has 1 heterocycles. The summed E-state index contributed by atoms with van der Waals surface area (Å²) in [6.07, 6.45) is 0. The third-order valence-electron chi connectivity index (χ3n) is 3.06. The number of aromatic amines is 1. The van der Waals surface area contributed by atoms with E-state index in [0.717, 1.165) is 16.3 Å². The molecule has 0 amide bonds. The molecule has 1 aromatic heterocycles. The summed E-state index contributed by atoms with van der Waals surface area (Å²) < 4.78 is 5.44. The summed E-state index contributed by atoms with van der Waals surface area (Å²) in [7, 11) is 0. The SMILES string of the molecule is O=C(O)c1[nH]nnc1OCc1ccc(Cl)c2ccccc12. The Labute approximate surface area is 124 Å². The van der Waals surface area contributed by atoms with Gasteiger partial charge in [-0.3, -0.25) is 0 Å². The summed E-state index contributed by atoms with van der Waals surface area (Å²) in [6.45, 7) is 0.171. The number of benzene rings is 2. The van der Waals surface area contributed by atoms with E-state index >= 15 is 0 Å². The predicted octanol–water partition coefficient (Wildman–Crippen LogP) is 2.89. The van der Waals surface area contributed by atoms with E-state index in [4.69, 9.17) is 21.4 Å². The van der Waals surface area contributed by atoms with Gasteiger partial charge in [0.25, 0.3) is 5.88 Å². The number of carbonyl (C=O) groups is 1. The number of rotatable bonds is 4. The summed E-state index contributed by atoms with van der Waals surface area (Å²) in [5, 5.41) is 20.8. The van der Waals surface area contributed by atoms with Crippen molar-refractivity contribution in [3.8, 4) is 5.88 Å². The number of nitrogens with one attached hydrogen (secondary N) is 1. The molecule has 6 nitrogen and oxygen atoms in total. The second-order valence-corrected chi connectivity index (χ2v) is 4.75. The highest BCUT2D eigenvalue weighted by atomic mass is 35.5. The van der Waals surface area contributed by atoms with E-state index in [1.807, 2.05) is 30.3 Å². The van der Waals surface area contributed by atoms with Gasteiger partial charge < -0.3 is 9.84 Å². The van der Waals surface area contributed by atoms with E-state index in [9.17, 15) is 4.79 Å². The number of aromatic nitrogens is 3. The van der Waals surface area contributed by atoms with Gasteiger partial charge >= 0.3 is 5.97 Å². The number of ether oxygens (including phenoxy) is 1. The van der Waals surface area contributed by atoms with Crippen LogP contribution in [0.2, 0.25) is 5.02 Å². The minimum atomic E-state index is -1.17. The zero-order chi connectivity index (χ0) is 14.8. The number of nitrogens with zero attached hydrogens (tertiary/aromatic N) is 2. The second-order valence-electron chi connectivity index (χ2n) is 4.34. The van der Waals surface area contributed by atoms with E-state index in [1.54, 1.807) is 6.07 Å². The number of carboxylic acid groups (broad SMARTS) is 1. The topological polar surface area (TPSA) is 88.1 Å². The standard InChI is InChI=1S/C14H10ClN3O3/c15-11-6-5-8(9-3-1-2-4-10(9)11)7-21-13-12(14(19)20)16-18-17-13/h1-6H,7H2,(H,19,20)(H,16,17,18). The summed E-state index contributed by atoms with van der Waals surface area (Å²) in [6, 6.07) is 11.3. The molecule has 2 aromatic carbocycles. The van der Waals surface area contributed by atoms with E-state index in [0.29, 0.717) is 5.02 Å². The Morgan fingerprint density at radius 2 is 2.00 bits per heavy atom. The zero-order valence-electron chi connectivity index (χ0n) is 10.7. The molecule has 0 atom stereocenters. The highest BCUT2D eigenvalue weighted by Crippen LogP contribution is 2.27. The van der Waals surface area contributed by atoms with E-state index in [2.05, 4.69) is 15.4 Å². The summed E-state index contributed by atoms with van der Waals surface area (Å²) >= 11 is 6.15. The summed E-state index contributed by atoms with van der Waals surface area (Å²) in [4.78, 5) is 10.9. The van der Waals surface area contributed by atoms with Crippen LogP contribution in [0.1, 0.15) is 16.1 Å². The Morgan fingerprint density at radius 3 is 2.76 bits per heavy atom. The fourth-order valence-corrected chi connectivity index (χ4v) is 2.28. The molecule has 0 aliphatic heterocycles. The molecule has 0 saturated carbocycles. The molecule has 106 valence electrons. The molecule has 3 rings (SSSR count). The zero-order valence-corrected chi connectivity index (χ0v) is 11.5. The van der Waals surface area contributed by atoms with Crippen LogP contribution in [-0.2, 0) is 6.61 Å². The lowest BCUT2D eigenvalue weighted by atomic mass is 10.1. The van der Waals surface area contributed by atoms with Crippen LogP contribution >= 0.6 is 11.6 Å². The van der Waals surface area contributed by atoms with Gasteiger partial charge in [-0.05, 0) is 17.0 Å². The van der Waals surface area contributed by atoms with Crippen molar-refractivity contribution in [3.63, 3.8) is 0 Å². The Hall–Kier alpha value is -2.60. The van der Waals surface area contributed by atoms with Gasteiger partial charge in [0.2, 0.25) is 5.69 Å². The Balaban J connectivity index is 1.91. The molecule has 0 spiro atoms. The smallest absolute Gasteiger partial charge is 0.359 e. The van der Waals surface area contributed by atoms with Crippen LogP contribution in [0.25, 0.3) is 10.8 Å². The van der Waals surface area contributed by atoms with Crippen molar-refractivity contribution < 1.29 is 14.6 Å². The van der Waals surface area contributed by atoms with Gasteiger partial charge in [-0.25, -0.2) is 9.89 Å². The van der Waals surface area contributed by atoms with E-state index < -0.39 is 5.97 Å². The first-order valence-corrected chi connectivity index (χ1v) is 6.48. The number of hydrogen-bond acceptors (Lipinski definition) is 4. The molecule has 3 aromatic rings. The van der Waals surface area contributed by atoms with Crippen LogP contribution in [-0.4, -0.2) is 26.5 Å². The minimum Gasteiger partial charge on any atom is -0.476 e. The first-order chi connectivity index (χ1) is 10.2. The van der Waals surface area contributed by atoms with Gasteiger partial charge in [0.05, 0.1) is 0 Å². The third kappa shape index (κ3) is 2.53. The van der Waals surface area contributed by atoms with Gasteiger partial charge in [0.15, 0.2) is 0 Å². The van der Waals surface area contributed by atoms with Crippen LogP contribution in [0, 0.1) is 0 Å². The average molecular weight is 304 g/mol.